The first-order valence-corrected chi connectivity index (χ1v) is 5.02. The lowest BCUT2D eigenvalue weighted by molar-refractivity contribution is 0.284. The largest absolute Gasteiger partial charge is 0.282 e. The van der Waals surface area contributed by atoms with Gasteiger partial charge in [0.15, 0.2) is 0 Å². The topological polar surface area (TPSA) is 12.4 Å². The minimum Gasteiger partial charge on any atom is -0.282 e. The molecule has 1 saturated carbocycles. The van der Waals surface area contributed by atoms with Crippen LogP contribution in [0.2, 0.25) is 0 Å². The van der Waals surface area contributed by atoms with Gasteiger partial charge < -0.3 is 0 Å². The van der Waals surface area contributed by atoms with Crippen LogP contribution >= 0.6 is 11.8 Å². The first-order chi connectivity index (χ1) is 4.86. The third-order valence-corrected chi connectivity index (χ3v) is 3.48. The van der Waals surface area contributed by atoms with E-state index < -0.39 is 0 Å². The summed E-state index contributed by atoms with van der Waals surface area (Å²) in [6.45, 7) is 3.40. The molecular formula is C8H13NS. The first-order valence-electron chi connectivity index (χ1n) is 4.03. The van der Waals surface area contributed by atoms with Gasteiger partial charge in [-0.3, -0.25) is 4.99 Å². The van der Waals surface area contributed by atoms with E-state index in [1.807, 2.05) is 11.8 Å². The Morgan fingerprint density at radius 1 is 1.50 bits per heavy atom. The second kappa shape index (κ2) is 2.57. The van der Waals surface area contributed by atoms with Crippen molar-refractivity contribution in [2.45, 2.75) is 19.8 Å². The molecule has 2 rings (SSSR count). The Morgan fingerprint density at radius 2 is 2.30 bits per heavy atom. The molecule has 56 valence electrons. The maximum Gasteiger partial charge on any atom is 0.0708 e. The Kier molecular flexibility index (Phi) is 1.73. The molecule has 1 fully saturated rings. The molecule has 0 N–H and O–H groups in total. The third kappa shape index (κ3) is 1.09. The van der Waals surface area contributed by atoms with E-state index >= 15 is 0 Å². The molecule has 0 unspecified atom stereocenters. The molecule has 0 aromatic heterocycles. The zero-order valence-electron chi connectivity index (χ0n) is 6.34. The average molecular weight is 155 g/mol. The number of thioether (sulfide) groups is 1. The Labute approximate surface area is 66.3 Å². The molecule has 2 aliphatic rings. The number of hydrogen-bond donors (Lipinski definition) is 0. The van der Waals surface area contributed by atoms with Crippen LogP contribution in [0.5, 0.6) is 0 Å². The highest BCUT2D eigenvalue weighted by Gasteiger charge is 2.30. The van der Waals surface area contributed by atoms with Crippen LogP contribution in [-0.2, 0) is 0 Å². The van der Waals surface area contributed by atoms with Gasteiger partial charge in [0.2, 0.25) is 0 Å². The van der Waals surface area contributed by atoms with E-state index in [0.717, 1.165) is 18.4 Å². The van der Waals surface area contributed by atoms with E-state index in [0.29, 0.717) is 0 Å². The summed E-state index contributed by atoms with van der Waals surface area (Å²) in [5.41, 5.74) is 0. The van der Waals surface area contributed by atoms with Gasteiger partial charge in [-0.25, -0.2) is 0 Å². The molecule has 0 aromatic carbocycles. The summed E-state index contributed by atoms with van der Waals surface area (Å²) >= 11 is 1.98. The van der Waals surface area contributed by atoms with Crippen molar-refractivity contribution in [3.8, 4) is 0 Å². The van der Waals surface area contributed by atoms with Crippen molar-refractivity contribution in [3.05, 3.63) is 0 Å². The van der Waals surface area contributed by atoms with Gasteiger partial charge in [-0.2, -0.15) is 0 Å². The van der Waals surface area contributed by atoms with Gasteiger partial charge in [0.05, 0.1) is 5.04 Å². The van der Waals surface area contributed by atoms with Gasteiger partial charge in [0.1, 0.15) is 0 Å². The summed E-state index contributed by atoms with van der Waals surface area (Å²) in [6.07, 6.45) is 2.79. The minimum absolute atomic E-state index is 0.863. The van der Waals surface area contributed by atoms with Crippen LogP contribution in [-0.4, -0.2) is 17.3 Å². The van der Waals surface area contributed by atoms with Crippen molar-refractivity contribution in [2.24, 2.45) is 16.8 Å². The molecule has 1 nitrogen and oxygen atoms in total. The molecule has 0 atom stereocenters. The molecule has 0 radical (unpaired) electrons. The molecular weight excluding hydrogens is 142 g/mol. The van der Waals surface area contributed by atoms with E-state index in [1.54, 1.807) is 0 Å². The Balaban J connectivity index is 1.89. The standard InChI is InChI=1S/C8H13NS/c1-6-4-7(5-6)8-9-2-3-10-8/h6-7H,2-5H2,1H3. The van der Waals surface area contributed by atoms with E-state index in [-0.39, 0.29) is 0 Å². The number of aliphatic imine (C=N–C) groups is 1. The van der Waals surface area contributed by atoms with Crippen LogP contribution in [0.1, 0.15) is 19.8 Å². The Bertz CT molecular complexity index is 159. The molecule has 2 heteroatoms. The number of hydrogen-bond acceptors (Lipinski definition) is 2. The lowest BCUT2D eigenvalue weighted by atomic mass is 9.77. The highest BCUT2D eigenvalue weighted by Crippen LogP contribution is 2.38. The zero-order chi connectivity index (χ0) is 6.97. The summed E-state index contributed by atoms with van der Waals surface area (Å²) in [4.78, 5) is 4.47. The normalized spacial score (nSPS) is 39.1. The maximum atomic E-state index is 4.47. The lowest BCUT2D eigenvalue weighted by Crippen LogP contribution is -2.26. The average Bonchev–Trinajstić information content (AvgIpc) is 2.31. The van der Waals surface area contributed by atoms with Gasteiger partial charge in [-0.1, -0.05) is 6.92 Å². The highest BCUT2D eigenvalue weighted by atomic mass is 32.2. The fraction of sp³-hybridized carbons (Fsp3) is 0.875. The summed E-state index contributed by atoms with van der Waals surface area (Å²) < 4.78 is 0. The molecule has 0 amide bonds. The maximum absolute atomic E-state index is 4.47. The number of nitrogens with zero attached hydrogens (tertiary/aromatic N) is 1. The molecule has 10 heavy (non-hydrogen) atoms. The van der Waals surface area contributed by atoms with Crippen molar-refractivity contribution in [1.29, 1.82) is 0 Å². The second-order valence-electron chi connectivity index (χ2n) is 3.34. The van der Waals surface area contributed by atoms with Crippen molar-refractivity contribution in [1.82, 2.24) is 0 Å². The van der Waals surface area contributed by atoms with Gasteiger partial charge in [0, 0.05) is 18.2 Å². The van der Waals surface area contributed by atoms with Crippen molar-refractivity contribution >= 4 is 16.8 Å². The monoisotopic (exact) mass is 155 g/mol. The smallest absolute Gasteiger partial charge is 0.0708 e. The van der Waals surface area contributed by atoms with Crippen LogP contribution in [0.25, 0.3) is 0 Å². The van der Waals surface area contributed by atoms with Crippen LogP contribution < -0.4 is 0 Å². The van der Waals surface area contributed by atoms with Gasteiger partial charge in [0.25, 0.3) is 0 Å². The van der Waals surface area contributed by atoms with Crippen LogP contribution in [0, 0.1) is 11.8 Å². The van der Waals surface area contributed by atoms with Crippen LogP contribution in [0.15, 0.2) is 4.99 Å². The van der Waals surface area contributed by atoms with Crippen molar-refractivity contribution in [2.75, 3.05) is 12.3 Å². The van der Waals surface area contributed by atoms with E-state index in [4.69, 9.17) is 0 Å². The fourth-order valence-electron chi connectivity index (χ4n) is 1.70. The molecule has 1 aliphatic heterocycles. The summed E-state index contributed by atoms with van der Waals surface area (Å²) in [5.74, 6) is 3.07. The third-order valence-electron chi connectivity index (χ3n) is 2.33. The summed E-state index contributed by atoms with van der Waals surface area (Å²) in [7, 11) is 0. The molecule has 0 bridgehead atoms. The van der Waals surface area contributed by atoms with Crippen molar-refractivity contribution in [3.63, 3.8) is 0 Å². The molecule has 1 aliphatic carbocycles. The Hall–Kier alpha value is 0.0200. The van der Waals surface area contributed by atoms with E-state index in [2.05, 4.69) is 11.9 Å². The molecule has 1 heterocycles. The Morgan fingerprint density at radius 3 is 2.80 bits per heavy atom. The fourth-order valence-corrected chi connectivity index (χ4v) is 2.71. The van der Waals surface area contributed by atoms with Crippen LogP contribution in [0.3, 0.4) is 0 Å². The van der Waals surface area contributed by atoms with Crippen LogP contribution in [0.4, 0.5) is 0 Å². The first kappa shape index (κ1) is 6.71. The van der Waals surface area contributed by atoms with E-state index in [9.17, 15) is 0 Å². The molecule has 0 spiro atoms. The van der Waals surface area contributed by atoms with Gasteiger partial charge >= 0.3 is 0 Å². The highest BCUT2D eigenvalue weighted by molar-refractivity contribution is 8.14. The van der Waals surface area contributed by atoms with Gasteiger partial charge in [-0.15, -0.1) is 11.8 Å². The summed E-state index contributed by atoms with van der Waals surface area (Å²) in [6, 6.07) is 0. The summed E-state index contributed by atoms with van der Waals surface area (Å²) in [5, 5.41) is 1.46. The predicted octanol–water partition coefficient (Wildman–Crippen LogP) is 2.18. The SMILES string of the molecule is CC1CC(C2=NCCS2)C1. The second-order valence-corrected chi connectivity index (χ2v) is 4.46. The molecule has 0 saturated heterocycles. The minimum atomic E-state index is 0.863. The zero-order valence-corrected chi connectivity index (χ0v) is 7.16. The lowest BCUT2D eigenvalue weighted by Gasteiger charge is -2.32. The van der Waals surface area contributed by atoms with Crippen molar-refractivity contribution < 1.29 is 0 Å². The predicted molar refractivity (Wildman–Crippen MR) is 46.6 cm³/mol. The molecule has 0 aromatic rings. The van der Waals surface area contributed by atoms with Gasteiger partial charge in [-0.05, 0) is 18.8 Å². The number of rotatable bonds is 1. The quantitative estimate of drug-likeness (QED) is 0.565. The van der Waals surface area contributed by atoms with E-state index in [1.165, 1.54) is 23.6 Å².